The van der Waals surface area contributed by atoms with Gasteiger partial charge in [-0.05, 0) is 48.4 Å². The second-order valence-corrected chi connectivity index (χ2v) is 5.07. The monoisotopic (exact) mass is 301 g/mol. The smallest absolute Gasteiger partial charge is 0.246 e. The zero-order valence-corrected chi connectivity index (χ0v) is 12.5. The van der Waals surface area contributed by atoms with Crippen LogP contribution in [0.2, 0.25) is 0 Å². The summed E-state index contributed by atoms with van der Waals surface area (Å²) in [5.41, 5.74) is 1.47. The van der Waals surface area contributed by atoms with E-state index >= 15 is 0 Å². The molecule has 0 aromatic heterocycles. The Balaban J connectivity index is 2.06. The van der Waals surface area contributed by atoms with Crippen LogP contribution in [-0.4, -0.2) is 17.9 Å². The SMILES string of the molecule is CC(c1ccc(F)cc1)N(C)C(=O)/C=C/c1cccc(F)c1. The molecule has 4 heteroatoms. The molecular weight excluding hydrogens is 284 g/mol. The summed E-state index contributed by atoms with van der Waals surface area (Å²) in [6, 6.07) is 11.9. The Labute approximate surface area is 128 Å². The molecule has 22 heavy (non-hydrogen) atoms. The van der Waals surface area contributed by atoms with Crippen molar-refractivity contribution in [1.82, 2.24) is 4.90 Å². The molecule has 0 heterocycles. The second-order valence-electron chi connectivity index (χ2n) is 5.07. The zero-order chi connectivity index (χ0) is 16.1. The highest BCUT2D eigenvalue weighted by Crippen LogP contribution is 2.19. The molecule has 2 nitrogen and oxygen atoms in total. The summed E-state index contributed by atoms with van der Waals surface area (Å²) in [6.45, 7) is 1.86. The van der Waals surface area contributed by atoms with Crippen LogP contribution in [-0.2, 0) is 4.79 Å². The Kier molecular flexibility index (Phi) is 5.04. The largest absolute Gasteiger partial charge is 0.335 e. The summed E-state index contributed by atoms with van der Waals surface area (Å²) in [7, 11) is 1.67. The summed E-state index contributed by atoms with van der Waals surface area (Å²) < 4.78 is 26.0. The third kappa shape index (κ3) is 4.01. The van der Waals surface area contributed by atoms with Crippen LogP contribution >= 0.6 is 0 Å². The van der Waals surface area contributed by atoms with Crippen molar-refractivity contribution in [3.8, 4) is 0 Å². The van der Waals surface area contributed by atoms with Crippen LogP contribution in [0.3, 0.4) is 0 Å². The van der Waals surface area contributed by atoms with E-state index in [4.69, 9.17) is 0 Å². The number of carbonyl (C=O) groups excluding carboxylic acids is 1. The van der Waals surface area contributed by atoms with Crippen LogP contribution in [0.1, 0.15) is 24.1 Å². The molecule has 0 spiro atoms. The van der Waals surface area contributed by atoms with Gasteiger partial charge in [-0.1, -0.05) is 24.3 Å². The summed E-state index contributed by atoms with van der Waals surface area (Å²) in [6.07, 6.45) is 2.97. The highest BCUT2D eigenvalue weighted by molar-refractivity contribution is 5.91. The number of carbonyl (C=O) groups is 1. The molecule has 1 amide bonds. The summed E-state index contributed by atoms with van der Waals surface area (Å²) in [5, 5.41) is 0. The predicted octanol–water partition coefficient (Wildman–Crippen LogP) is 4.20. The van der Waals surface area contributed by atoms with Crippen LogP contribution in [0.15, 0.2) is 54.6 Å². The van der Waals surface area contributed by atoms with Gasteiger partial charge in [0.2, 0.25) is 5.91 Å². The maximum Gasteiger partial charge on any atom is 0.246 e. The van der Waals surface area contributed by atoms with Crippen molar-refractivity contribution in [2.24, 2.45) is 0 Å². The van der Waals surface area contributed by atoms with Crippen LogP contribution < -0.4 is 0 Å². The lowest BCUT2D eigenvalue weighted by Gasteiger charge is -2.24. The Morgan fingerprint density at radius 1 is 1.09 bits per heavy atom. The number of benzene rings is 2. The normalized spacial score (nSPS) is 12.4. The number of halogens is 2. The summed E-state index contributed by atoms with van der Waals surface area (Å²) in [4.78, 5) is 13.7. The first-order valence-corrected chi connectivity index (χ1v) is 6.93. The van der Waals surface area contributed by atoms with Crippen molar-refractivity contribution < 1.29 is 13.6 Å². The molecule has 0 fully saturated rings. The maximum absolute atomic E-state index is 13.1. The number of rotatable bonds is 4. The van der Waals surface area contributed by atoms with E-state index in [1.54, 1.807) is 42.3 Å². The van der Waals surface area contributed by atoms with Crippen LogP contribution in [0.4, 0.5) is 8.78 Å². The third-order valence-electron chi connectivity index (χ3n) is 3.55. The fourth-order valence-electron chi connectivity index (χ4n) is 2.05. The van der Waals surface area contributed by atoms with E-state index in [2.05, 4.69) is 0 Å². The van der Waals surface area contributed by atoms with Gasteiger partial charge in [-0.3, -0.25) is 4.79 Å². The number of hydrogen-bond donors (Lipinski definition) is 0. The molecule has 0 radical (unpaired) electrons. The first-order valence-electron chi connectivity index (χ1n) is 6.93. The van der Waals surface area contributed by atoms with Gasteiger partial charge in [-0.15, -0.1) is 0 Å². The fourth-order valence-corrected chi connectivity index (χ4v) is 2.05. The number of hydrogen-bond acceptors (Lipinski definition) is 1. The average Bonchev–Trinajstić information content (AvgIpc) is 2.52. The number of nitrogens with zero attached hydrogens (tertiary/aromatic N) is 1. The zero-order valence-electron chi connectivity index (χ0n) is 12.5. The van der Waals surface area contributed by atoms with Gasteiger partial charge < -0.3 is 4.90 Å². The van der Waals surface area contributed by atoms with Gasteiger partial charge in [0, 0.05) is 13.1 Å². The van der Waals surface area contributed by atoms with Crippen molar-refractivity contribution >= 4 is 12.0 Å². The van der Waals surface area contributed by atoms with Gasteiger partial charge in [0.25, 0.3) is 0 Å². The molecule has 0 aliphatic heterocycles. The van der Waals surface area contributed by atoms with Gasteiger partial charge in [0.15, 0.2) is 0 Å². The molecule has 0 aliphatic rings. The Hall–Kier alpha value is -2.49. The van der Waals surface area contributed by atoms with Crippen LogP contribution in [0.25, 0.3) is 6.08 Å². The molecule has 0 saturated carbocycles. The van der Waals surface area contributed by atoms with Crippen LogP contribution in [0.5, 0.6) is 0 Å². The summed E-state index contributed by atoms with van der Waals surface area (Å²) in [5.74, 6) is -0.861. The molecule has 2 rings (SSSR count). The van der Waals surface area contributed by atoms with Gasteiger partial charge in [-0.2, -0.15) is 0 Å². The second kappa shape index (κ2) is 6.98. The van der Waals surface area contributed by atoms with E-state index < -0.39 is 0 Å². The molecule has 114 valence electrons. The third-order valence-corrected chi connectivity index (χ3v) is 3.55. The van der Waals surface area contributed by atoms with E-state index in [1.807, 2.05) is 6.92 Å². The predicted molar refractivity (Wildman–Crippen MR) is 83.0 cm³/mol. The molecule has 0 saturated heterocycles. The maximum atomic E-state index is 13.1. The lowest BCUT2D eigenvalue weighted by Crippen LogP contribution is -2.27. The van der Waals surface area contributed by atoms with Gasteiger partial charge in [0.1, 0.15) is 11.6 Å². The summed E-state index contributed by atoms with van der Waals surface area (Å²) >= 11 is 0. The van der Waals surface area contributed by atoms with Gasteiger partial charge >= 0.3 is 0 Å². The Bertz CT molecular complexity index is 680. The Morgan fingerprint density at radius 2 is 1.77 bits per heavy atom. The van der Waals surface area contributed by atoms with Gasteiger partial charge in [-0.25, -0.2) is 8.78 Å². The first-order chi connectivity index (χ1) is 10.5. The van der Waals surface area contributed by atoms with Crippen molar-refractivity contribution in [3.05, 3.63) is 77.4 Å². The Morgan fingerprint density at radius 3 is 2.41 bits per heavy atom. The molecule has 1 unspecified atom stereocenters. The molecule has 1 atom stereocenters. The van der Waals surface area contributed by atoms with E-state index in [0.29, 0.717) is 5.56 Å². The molecular formula is C18H17F2NO. The quantitative estimate of drug-likeness (QED) is 0.775. The highest BCUT2D eigenvalue weighted by Gasteiger charge is 2.15. The van der Waals surface area contributed by atoms with Crippen molar-refractivity contribution in [1.29, 1.82) is 0 Å². The highest BCUT2D eigenvalue weighted by atomic mass is 19.1. The molecule has 2 aromatic rings. The fraction of sp³-hybridized carbons (Fsp3) is 0.167. The van der Waals surface area contributed by atoms with E-state index in [1.165, 1.54) is 30.3 Å². The van der Waals surface area contributed by atoms with E-state index in [9.17, 15) is 13.6 Å². The molecule has 0 bridgehead atoms. The number of amides is 1. The minimum absolute atomic E-state index is 0.190. The lowest BCUT2D eigenvalue weighted by molar-refractivity contribution is -0.126. The van der Waals surface area contributed by atoms with Gasteiger partial charge in [0.05, 0.1) is 6.04 Å². The molecule has 0 aliphatic carbocycles. The number of likely N-dealkylation sites (N-methyl/N-ethyl adjacent to an activating group) is 1. The van der Waals surface area contributed by atoms with E-state index in [0.717, 1.165) is 5.56 Å². The average molecular weight is 301 g/mol. The molecule has 0 N–H and O–H groups in total. The van der Waals surface area contributed by atoms with Crippen LogP contribution in [0, 0.1) is 11.6 Å². The minimum atomic E-state index is -0.345. The van der Waals surface area contributed by atoms with Crippen molar-refractivity contribution in [2.75, 3.05) is 7.05 Å². The lowest BCUT2D eigenvalue weighted by atomic mass is 10.1. The van der Waals surface area contributed by atoms with Crippen molar-refractivity contribution in [3.63, 3.8) is 0 Å². The van der Waals surface area contributed by atoms with E-state index in [-0.39, 0.29) is 23.6 Å². The van der Waals surface area contributed by atoms with Crippen molar-refractivity contribution in [2.45, 2.75) is 13.0 Å². The standard InChI is InChI=1S/C18H17F2NO/c1-13(15-7-9-16(19)10-8-15)21(2)18(22)11-6-14-4-3-5-17(20)12-14/h3-13H,1-2H3/b11-6+. The molecule has 2 aromatic carbocycles. The minimum Gasteiger partial charge on any atom is -0.335 e. The first kappa shape index (κ1) is 15.9. The topological polar surface area (TPSA) is 20.3 Å².